The Labute approximate surface area is 148 Å². The molecule has 2 aromatic carbocycles. The van der Waals surface area contributed by atoms with Gasteiger partial charge in [-0.1, -0.05) is 48.0 Å². The number of nitrogen functional groups attached to an aromatic ring is 1. The molecule has 0 saturated carbocycles. The van der Waals surface area contributed by atoms with Crippen molar-refractivity contribution < 1.29 is 4.79 Å². The van der Waals surface area contributed by atoms with E-state index in [9.17, 15) is 4.79 Å². The molecule has 0 aliphatic carbocycles. The highest BCUT2D eigenvalue weighted by atomic mass is 32.2. The van der Waals surface area contributed by atoms with Crippen LogP contribution in [0, 0.1) is 6.92 Å². The van der Waals surface area contributed by atoms with Gasteiger partial charge in [0.25, 0.3) is 0 Å². The molecule has 0 bridgehead atoms. The van der Waals surface area contributed by atoms with Crippen molar-refractivity contribution in [3.05, 3.63) is 65.2 Å². The third-order valence-corrected chi connectivity index (χ3v) is 5.60. The largest absolute Gasteiger partial charge is 0.399 e. The highest BCUT2D eigenvalue weighted by Gasteiger charge is 2.27. The van der Waals surface area contributed by atoms with Gasteiger partial charge in [-0.3, -0.25) is 4.79 Å². The monoisotopic (exact) mass is 340 g/mol. The molecule has 1 atom stereocenters. The van der Waals surface area contributed by atoms with Gasteiger partial charge in [-0.15, -0.1) is 0 Å². The number of nitrogens with zero attached hydrogens (tertiary/aromatic N) is 1. The maximum Gasteiger partial charge on any atom is 0.223 e. The van der Waals surface area contributed by atoms with E-state index in [1.54, 1.807) is 0 Å². The van der Waals surface area contributed by atoms with Crippen LogP contribution in [0.2, 0.25) is 0 Å². The highest BCUT2D eigenvalue weighted by Crippen LogP contribution is 2.30. The second-order valence-electron chi connectivity index (χ2n) is 6.29. The number of benzene rings is 2. The summed E-state index contributed by atoms with van der Waals surface area (Å²) in [5.74, 6) is 2.22. The Hall–Kier alpha value is -1.94. The van der Waals surface area contributed by atoms with Crippen LogP contribution in [-0.2, 0) is 11.2 Å². The molecule has 3 nitrogen and oxygen atoms in total. The van der Waals surface area contributed by atoms with Gasteiger partial charge < -0.3 is 10.6 Å². The quantitative estimate of drug-likeness (QED) is 0.861. The van der Waals surface area contributed by atoms with Crippen LogP contribution in [0.25, 0.3) is 0 Å². The molecule has 1 fully saturated rings. The van der Waals surface area contributed by atoms with Gasteiger partial charge >= 0.3 is 0 Å². The van der Waals surface area contributed by atoms with Gasteiger partial charge in [-0.25, -0.2) is 0 Å². The fourth-order valence-electron chi connectivity index (χ4n) is 3.11. The molecule has 1 amide bonds. The minimum Gasteiger partial charge on any atom is -0.399 e. The van der Waals surface area contributed by atoms with E-state index in [2.05, 4.69) is 36.1 Å². The van der Waals surface area contributed by atoms with E-state index in [4.69, 9.17) is 5.73 Å². The van der Waals surface area contributed by atoms with E-state index in [0.29, 0.717) is 12.8 Å². The number of rotatable bonds is 4. The molecule has 1 saturated heterocycles. The van der Waals surface area contributed by atoms with Crippen molar-refractivity contribution in [2.24, 2.45) is 0 Å². The number of anilines is 1. The average Bonchev–Trinajstić information content (AvgIpc) is 2.61. The third kappa shape index (κ3) is 3.93. The Bertz CT molecular complexity index is 699. The number of nitrogens with two attached hydrogens (primary N) is 1. The predicted octanol–water partition coefficient (Wildman–Crippen LogP) is 3.83. The molecule has 0 spiro atoms. The van der Waals surface area contributed by atoms with Crippen molar-refractivity contribution in [2.45, 2.75) is 25.8 Å². The number of hydrogen-bond donors (Lipinski definition) is 1. The molecule has 1 aliphatic heterocycles. The predicted molar refractivity (Wildman–Crippen MR) is 102 cm³/mol. The van der Waals surface area contributed by atoms with E-state index in [0.717, 1.165) is 29.3 Å². The second-order valence-corrected chi connectivity index (χ2v) is 7.44. The zero-order chi connectivity index (χ0) is 16.9. The van der Waals surface area contributed by atoms with Crippen molar-refractivity contribution >= 4 is 23.4 Å². The number of amides is 1. The summed E-state index contributed by atoms with van der Waals surface area (Å²) in [6, 6.07) is 16.6. The van der Waals surface area contributed by atoms with Gasteiger partial charge in [0.2, 0.25) is 5.91 Å². The van der Waals surface area contributed by atoms with E-state index >= 15 is 0 Å². The lowest BCUT2D eigenvalue weighted by atomic mass is 10.0. The fraction of sp³-hybridized carbons (Fsp3) is 0.350. The highest BCUT2D eigenvalue weighted by molar-refractivity contribution is 7.99. The van der Waals surface area contributed by atoms with Crippen LogP contribution in [0.1, 0.15) is 29.2 Å². The number of aryl methyl sites for hydroxylation is 2. The van der Waals surface area contributed by atoms with E-state index in [1.807, 2.05) is 36.0 Å². The zero-order valence-electron chi connectivity index (χ0n) is 14.1. The Morgan fingerprint density at radius 1 is 1.21 bits per heavy atom. The summed E-state index contributed by atoms with van der Waals surface area (Å²) in [6.45, 7) is 2.92. The Kier molecular flexibility index (Phi) is 5.46. The van der Waals surface area contributed by atoms with Gasteiger partial charge in [0.15, 0.2) is 0 Å². The number of para-hydroxylation sites is 1. The molecule has 1 aliphatic rings. The fourth-order valence-corrected chi connectivity index (χ4v) is 4.20. The zero-order valence-corrected chi connectivity index (χ0v) is 14.9. The summed E-state index contributed by atoms with van der Waals surface area (Å²) in [4.78, 5) is 14.9. The van der Waals surface area contributed by atoms with Gasteiger partial charge in [-0.2, -0.15) is 11.8 Å². The molecule has 0 aromatic heterocycles. The molecule has 126 valence electrons. The first-order valence-electron chi connectivity index (χ1n) is 8.42. The third-order valence-electron chi connectivity index (χ3n) is 4.57. The van der Waals surface area contributed by atoms with Crippen LogP contribution in [0.3, 0.4) is 0 Å². The summed E-state index contributed by atoms with van der Waals surface area (Å²) in [5.41, 5.74) is 10.3. The first kappa shape index (κ1) is 16.9. The van der Waals surface area contributed by atoms with Crippen LogP contribution in [0.15, 0.2) is 48.5 Å². The summed E-state index contributed by atoms with van der Waals surface area (Å²) in [7, 11) is 0. The van der Waals surface area contributed by atoms with Crippen LogP contribution < -0.4 is 5.73 Å². The van der Waals surface area contributed by atoms with E-state index in [-0.39, 0.29) is 11.9 Å². The molecule has 3 rings (SSSR count). The summed E-state index contributed by atoms with van der Waals surface area (Å²) < 4.78 is 0. The molecule has 4 heteroatoms. The van der Waals surface area contributed by atoms with E-state index < -0.39 is 0 Å². The number of hydrogen-bond acceptors (Lipinski definition) is 3. The van der Waals surface area contributed by atoms with Crippen molar-refractivity contribution in [3.8, 4) is 0 Å². The maximum absolute atomic E-state index is 12.8. The SMILES string of the molecule is Cc1ccc(C2CSCCN2C(=O)CCc2ccccc2N)cc1. The van der Waals surface area contributed by atoms with Crippen LogP contribution in [0.5, 0.6) is 0 Å². The van der Waals surface area contributed by atoms with Crippen LogP contribution >= 0.6 is 11.8 Å². The lowest BCUT2D eigenvalue weighted by Gasteiger charge is -2.36. The van der Waals surface area contributed by atoms with Gasteiger partial charge in [0.1, 0.15) is 0 Å². The molecular formula is C20H24N2OS. The van der Waals surface area contributed by atoms with Crippen molar-refractivity contribution in [2.75, 3.05) is 23.8 Å². The summed E-state index contributed by atoms with van der Waals surface area (Å²) >= 11 is 1.93. The number of carbonyl (C=O) groups excluding carboxylic acids is 1. The summed E-state index contributed by atoms with van der Waals surface area (Å²) in [6.07, 6.45) is 1.22. The molecule has 24 heavy (non-hydrogen) atoms. The Morgan fingerprint density at radius 2 is 1.96 bits per heavy atom. The van der Waals surface area contributed by atoms with Crippen LogP contribution in [0.4, 0.5) is 5.69 Å². The van der Waals surface area contributed by atoms with Gasteiger partial charge in [-0.05, 0) is 30.5 Å². The molecular weight excluding hydrogens is 316 g/mol. The molecule has 1 heterocycles. The minimum absolute atomic E-state index is 0.185. The smallest absolute Gasteiger partial charge is 0.223 e. The summed E-state index contributed by atoms with van der Waals surface area (Å²) in [5, 5.41) is 0. The van der Waals surface area contributed by atoms with E-state index in [1.165, 1.54) is 11.1 Å². The van der Waals surface area contributed by atoms with Gasteiger partial charge in [0, 0.05) is 30.2 Å². The molecule has 2 N–H and O–H groups in total. The van der Waals surface area contributed by atoms with Gasteiger partial charge in [0.05, 0.1) is 6.04 Å². The lowest BCUT2D eigenvalue weighted by molar-refractivity contribution is -0.133. The molecule has 1 unspecified atom stereocenters. The maximum atomic E-state index is 12.8. The van der Waals surface area contributed by atoms with Crippen molar-refractivity contribution in [1.29, 1.82) is 0 Å². The topological polar surface area (TPSA) is 46.3 Å². The number of carbonyl (C=O) groups is 1. The Morgan fingerprint density at radius 3 is 2.71 bits per heavy atom. The average molecular weight is 340 g/mol. The Balaban J connectivity index is 1.69. The lowest BCUT2D eigenvalue weighted by Crippen LogP contribution is -2.40. The first-order chi connectivity index (χ1) is 11.6. The number of thioether (sulfide) groups is 1. The van der Waals surface area contributed by atoms with Crippen molar-refractivity contribution in [1.82, 2.24) is 4.90 Å². The standard InChI is InChI=1S/C20H24N2OS/c1-15-6-8-17(9-7-15)19-14-24-13-12-22(19)20(23)11-10-16-4-2-3-5-18(16)21/h2-9,19H,10-14,21H2,1H3. The van der Waals surface area contributed by atoms with Crippen molar-refractivity contribution in [3.63, 3.8) is 0 Å². The normalized spacial score (nSPS) is 17.7. The van der Waals surface area contributed by atoms with Crippen LogP contribution in [-0.4, -0.2) is 28.9 Å². The minimum atomic E-state index is 0.185. The second kappa shape index (κ2) is 7.75. The molecule has 0 radical (unpaired) electrons. The molecule has 2 aromatic rings. The first-order valence-corrected chi connectivity index (χ1v) is 9.58.